The van der Waals surface area contributed by atoms with Gasteiger partial charge in [-0.3, -0.25) is 14.9 Å². The number of hydrogen-bond donors (Lipinski definition) is 1. The summed E-state index contributed by atoms with van der Waals surface area (Å²) in [5.74, 6) is -0.551. The quantitative estimate of drug-likeness (QED) is 0.454. The predicted octanol–water partition coefficient (Wildman–Crippen LogP) is 5.22. The van der Waals surface area contributed by atoms with E-state index >= 15 is 0 Å². The Morgan fingerprint density at radius 3 is 2.64 bits per heavy atom. The summed E-state index contributed by atoms with van der Waals surface area (Å²) in [6.45, 7) is 0.151. The van der Waals surface area contributed by atoms with Gasteiger partial charge in [0.25, 0.3) is 11.6 Å². The van der Waals surface area contributed by atoms with Crippen molar-refractivity contribution in [2.75, 3.05) is 5.32 Å². The minimum absolute atomic E-state index is 0.111. The molecule has 0 bridgehead atoms. The molecule has 1 N–H and O–H groups in total. The summed E-state index contributed by atoms with van der Waals surface area (Å²) in [6, 6.07) is 16.4. The molecule has 0 heterocycles. The Kier molecular flexibility index (Phi) is 5.86. The lowest BCUT2D eigenvalue weighted by Crippen LogP contribution is -2.14. The Morgan fingerprint density at radius 2 is 1.89 bits per heavy atom. The normalized spacial score (nSPS) is 10.4. The third-order valence-corrected chi connectivity index (χ3v) is 4.02. The van der Waals surface area contributed by atoms with Gasteiger partial charge < -0.3 is 10.1 Å². The standard InChI is InChI=1S/C20H14ClFN2O4/c21-14-7-8-18(19(10-14)24(26)27)20(25)23-16-5-2-6-17(11-16)28-12-13-3-1-4-15(22)9-13/h1-11H,12H2,(H,23,25). The summed E-state index contributed by atoms with van der Waals surface area (Å²) >= 11 is 5.77. The zero-order valence-corrected chi connectivity index (χ0v) is 15.2. The van der Waals surface area contributed by atoms with Crippen LogP contribution in [-0.2, 0) is 6.61 Å². The number of nitrogens with one attached hydrogen (secondary N) is 1. The Balaban J connectivity index is 1.72. The van der Waals surface area contributed by atoms with Gasteiger partial charge in [-0.15, -0.1) is 0 Å². The van der Waals surface area contributed by atoms with Crippen LogP contribution in [0.3, 0.4) is 0 Å². The Hall–Kier alpha value is -3.45. The fourth-order valence-corrected chi connectivity index (χ4v) is 2.67. The smallest absolute Gasteiger partial charge is 0.283 e. The van der Waals surface area contributed by atoms with Gasteiger partial charge >= 0.3 is 0 Å². The molecule has 8 heteroatoms. The summed E-state index contributed by atoms with van der Waals surface area (Å²) in [5.41, 5.74) is 0.557. The molecule has 0 aliphatic heterocycles. The van der Waals surface area contributed by atoms with E-state index in [1.165, 1.54) is 24.3 Å². The summed E-state index contributed by atoms with van der Waals surface area (Å²) in [5, 5.41) is 13.9. The lowest BCUT2D eigenvalue weighted by molar-refractivity contribution is -0.385. The number of hydrogen-bond acceptors (Lipinski definition) is 4. The molecule has 142 valence electrons. The third kappa shape index (κ3) is 4.83. The molecular formula is C20H14ClFN2O4. The largest absolute Gasteiger partial charge is 0.489 e. The predicted molar refractivity (Wildman–Crippen MR) is 103 cm³/mol. The summed E-state index contributed by atoms with van der Waals surface area (Å²) < 4.78 is 18.8. The van der Waals surface area contributed by atoms with Crippen molar-refractivity contribution in [2.45, 2.75) is 6.61 Å². The second-order valence-electron chi connectivity index (χ2n) is 5.82. The first-order valence-corrected chi connectivity index (χ1v) is 8.53. The van der Waals surface area contributed by atoms with E-state index in [0.717, 1.165) is 6.07 Å². The highest BCUT2D eigenvalue weighted by molar-refractivity contribution is 6.31. The van der Waals surface area contributed by atoms with Gasteiger partial charge in [0.15, 0.2) is 0 Å². The lowest BCUT2D eigenvalue weighted by Gasteiger charge is -2.10. The molecule has 0 atom stereocenters. The number of carbonyl (C=O) groups is 1. The first-order valence-electron chi connectivity index (χ1n) is 8.15. The number of amides is 1. The molecule has 0 saturated carbocycles. The van der Waals surface area contributed by atoms with Gasteiger partial charge in [0, 0.05) is 22.8 Å². The van der Waals surface area contributed by atoms with Crippen LogP contribution in [0.15, 0.2) is 66.7 Å². The summed E-state index contributed by atoms with van der Waals surface area (Å²) in [4.78, 5) is 22.9. The summed E-state index contributed by atoms with van der Waals surface area (Å²) in [7, 11) is 0. The van der Waals surface area contributed by atoms with Crippen LogP contribution < -0.4 is 10.1 Å². The number of nitro benzene ring substituents is 1. The molecule has 0 aliphatic rings. The van der Waals surface area contributed by atoms with Gasteiger partial charge in [0.05, 0.1) is 4.92 Å². The number of carbonyl (C=O) groups excluding carboxylic acids is 1. The molecule has 6 nitrogen and oxygen atoms in total. The first kappa shape index (κ1) is 19.3. The molecule has 0 fully saturated rings. The minimum Gasteiger partial charge on any atom is -0.489 e. The van der Waals surface area contributed by atoms with Gasteiger partial charge in [-0.05, 0) is 42.0 Å². The van der Waals surface area contributed by atoms with E-state index in [1.54, 1.807) is 36.4 Å². The van der Waals surface area contributed by atoms with E-state index in [0.29, 0.717) is 17.0 Å². The van der Waals surface area contributed by atoms with E-state index in [-0.39, 0.29) is 28.7 Å². The highest BCUT2D eigenvalue weighted by Gasteiger charge is 2.20. The van der Waals surface area contributed by atoms with Gasteiger partial charge in [0.2, 0.25) is 0 Å². The van der Waals surface area contributed by atoms with Crippen LogP contribution in [0.1, 0.15) is 15.9 Å². The molecule has 0 aromatic heterocycles. The molecular weight excluding hydrogens is 387 g/mol. The van der Waals surface area contributed by atoms with Crippen LogP contribution >= 0.6 is 11.6 Å². The van der Waals surface area contributed by atoms with Crippen molar-refractivity contribution in [1.29, 1.82) is 0 Å². The van der Waals surface area contributed by atoms with E-state index < -0.39 is 10.8 Å². The van der Waals surface area contributed by atoms with E-state index in [4.69, 9.17) is 16.3 Å². The zero-order chi connectivity index (χ0) is 20.1. The van der Waals surface area contributed by atoms with Crippen molar-refractivity contribution in [2.24, 2.45) is 0 Å². The number of benzene rings is 3. The van der Waals surface area contributed by atoms with Crippen molar-refractivity contribution in [3.63, 3.8) is 0 Å². The Labute approximate surface area is 164 Å². The van der Waals surface area contributed by atoms with Crippen molar-refractivity contribution in [3.05, 3.63) is 98.8 Å². The zero-order valence-electron chi connectivity index (χ0n) is 14.4. The van der Waals surface area contributed by atoms with Crippen LogP contribution in [-0.4, -0.2) is 10.8 Å². The number of rotatable bonds is 6. The van der Waals surface area contributed by atoms with Gasteiger partial charge in [0.1, 0.15) is 23.7 Å². The molecule has 3 aromatic rings. The second-order valence-corrected chi connectivity index (χ2v) is 6.26. The maximum absolute atomic E-state index is 13.2. The molecule has 3 rings (SSSR count). The number of halogens is 2. The van der Waals surface area contributed by atoms with Crippen LogP contribution in [0.4, 0.5) is 15.8 Å². The molecule has 0 saturated heterocycles. The molecule has 1 amide bonds. The van der Waals surface area contributed by atoms with Gasteiger partial charge in [-0.2, -0.15) is 0 Å². The van der Waals surface area contributed by atoms with E-state index in [1.807, 2.05) is 0 Å². The fraction of sp³-hybridized carbons (Fsp3) is 0.0500. The average molecular weight is 401 g/mol. The number of ether oxygens (including phenoxy) is 1. The van der Waals surface area contributed by atoms with Crippen molar-refractivity contribution < 1.29 is 18.8 Å². The molecule has 28 heavy (non-hydrogen) atoms. The van der Waals surface area contributed by atoms with Gasteiger partial charge in [-0.1, -0.05) is 29.8 Å². The topological polar surface area (TPSA) is 81.5 Å². The molecule has 0 aliphatic carbocycles. The first-order chi connectivity index (χ1) is 13.4. The van der Waals surface area contributed by atoms with Crippen LogP contribution in [0.5, 0.6) is 5.75 Å². The molecule has 0 spiro atoms. The SMILES string of the molecule is O=C(Nc1cccc(OCc2cccc(F)c2)c1)c1ccc(Cl)cc1[N+](=O)[O-]. The maximum Gasteiger partial charge on any atom is 0.283 e. The second kappa shape index (κ2) is 8.49. The Morgan fingerprint density at radius 1 is 1.11 bits per heavy atom. The van der Waals surface area contributed by atoms with Crippen LogP contribution in [0, 0.1) is 15.9 Å². The van der Waals surface area contributed by atoms with Crippen LogP contribution in [0.25, 0.3) is 0 Å². The highest BCUT2D eigenvalue weighted by atomic mass is 35.5. The van der Waals surface area contributed by atoms with Crippen LogP contribution in [0.2, 0.25) is 5.02 Å². The molecule has 3 aromatic carbocycles. The fourth-order valence-electron chi connectivity index (χ4n) is 2.50. The van der Waals surface area contributed by atoms with Gasteiger partial charge in [-0.25, -0.2) is 4.39 Å². The third-order valence-electron chi connectivity index (χ3n) is 3.79. The molecule has 0 radical (unpaired) electrons. The lowest BCUT2D eigenvalue weighted by atomic mass is 10.1. The number of anilines is 1. The van der Waals surface area contributed by atoms with E-state index in [9.17, 15) is 19.3 Å². The van der Waals surface area contributed by atoms with Crippen molar-refractivity contribution >= 4 is 28.9 Å². The van der Waals surface area contributed by atoms with E-state index in [2.05, 4.69) is 5.32 Å². The highest BCUT2D eigenvalue weighted by Crippen LogP contribution is 2.25. The monoisotopic (exact) mass is 400 g/mol. The Bertz CT molecular complexity index is 1040. The average Bonchev–Trinajstić information content (AvgIpc) is 2.66. The molecule has 0 unspecified atom stereocenters. The summed E-state index contributed by atoms with van der Waals surface area (Å²) in [6.07, 6.45) is 0. The number of nitrogens with zero attached hydrogens (tertiary/aromatic N) is 1. The number of nitro groups is 1. The van der Waals surface area contributed by atoms with Crippen molar-refractivity contribution in [3.8, 4) is 5.75 Å². The minimum atomic E-state index is -0.667. The maximum atomic E-state index is 13.2. The van der Waals surface area contributed by atoms with Crippen molar-refractivity contribution in [1.82, 2.24) is 0 Å².